The summed E-state index contributed by atoms with van der Waals surface area (Å²) < 4.78 is 5.47. The van der Waals surface area contributed by atoms with Gasteiger partial charge in [0.1, 0.15) is 0 Å². The summed E-state index contributed by atoms with van der Waals surface area (Å²) in [5, 5.41) is 9.77. The lowest BCUT2D eigenvalue weighted by Gasteiger charge is -2.41. The first-order valence-electron chi connectivity index (χ1n) is 7.71. The number of likely N-dealkylation sites (tertiary alicyclic amines) is 1. The van der Waals surface area contributed by atoms with Crippen LogP contribution in [-0.2, 0) is 14.9 Å². The van der Waals surface area contributed by atoms with Crippen molar-refractivity contribution in [3.05, 3.63) is 35.9 Å². The fourth-order valence-electron chi connectivity index (χ4n) is 3.12. The molecular weight excluding hydrogens is 266 g/mol. The molecule has 116 valence electrons. The Morgan fingerprint density at radius 3 is 2.48 bits per heavy atom. The van der Waals surface area contributed by atoms with Crippen molar-refractivity contribution < 1.29 is 14.6 Å². The van der Waals surface area contributed by atoms with E-state index in [0.717, 1.165) is 25.3 Å². The van der Waals surface area contributed by atoms with Crippen molar-refractivity contribution in [3.63, 3.8) is 0 Å². The molecule has 1 N–H and O–H groups in total. The Morgan fingerprint density at radius 1 is 1.33 bits per heavy atom. The van der Waals surface area contributed by atoms with Gasteiger partial charge in [0.05, 0.1) is 12.0 Å². The number of ether oxygens (including phenoxy) is 1. The molecule has 0 radical (unpaired) electrons. The average molecular weight is 291 g/mol. The number of rotatable bonds is 6. The zero-order valence-electron chi connectivity index (χ0n) is 12.9. The van der Waals surface area contributed by atoms with Gasteiger partial charge in [0, 0.05) is 12.6 Å². The summed E-state index contributed by atoms with van der Waals surface area (Å²) in [5.74, 6) is -0.703. The molecule has 0 aromatic heterocycles. The number of hydrogen-bond donors (Lipinski definition) is 1. The SMILES string of the molecule is CCOCC(C)N1CCC(C(=O)O)(c2ccccc2)CC1. The van der Waals surface area contributed by atoms with E-state index < -0.39 is 11.4 Å². The van der Waals surface area contributed by atoms with Gasteiger partial charge in [-0.3, -0.25) is 9.69 Å². The minimum Gasteiger partial charge on any atom is -0.481 e. The molecule has 1 unspecified atom stereocenters. The van der Waals surface area contributed by atoms with Crippen molar-refractivity contribution in [1.82, 2.24) is 4.90 Å². The van der Waals surface area contributed by atoms with E-state index in [1.165, 1.54) is 0 Å². The molecule has 0 saturated carbocycles. The van der Waals surface area contributed by atoms with E-state index >= 15 is 0 Å². The van der Waals surface area contributed by atoms with Gasteiger partial charge in [-0.05, 0) is 45.3 Å². The lowest BCUT2D eigenvalue weighted by atomic mass is 9.72. The Bertz CT molecular complexity index is 452. The molecule has 1 fully saturated rings. The van der Waals surface area contributed by atoms with Gasteiger partial charge in [-0.1, -0.05) is 30.3 Å². The second kappa shape index (κ2) is 7.05. The Labute approximate surface area is 126 Å². The van der Waals surface area contributed by atoms with Crippen LogP contribution in [0.4, 0.5) is 0 Å². The number of carboxylic acids is 1. The van der Waals surface area contributed by atoms with E-state index in [1.54, 1.807) is 0 Å². The molecule has 1 aromatic carbocycles. The number of carbonyl (C=O) groups is 1. The van der Waals surface area contributed by atoms with E-state index in [-0.39, 0.29) is 0 Å². The van der Waals surface area contributed by atoms with E-state index in [9.17, 15) is 9.90 Å². The van der Waals surface area contributed by atoms with Crippen molar-refractivity contribution in [3.8, 4) is 0 Å². The van der Waals surface area contributed by atoms with Crippen LogP contribution in [0.1, 0.15) is 32.3 Å². The van der Waals surface area contributed by atoms with Crippen molar-refractivity contribution in [1.29, 1.82) is 0 Å². The van der Waals surface area contributed by atoms with Gasteiger partial charge < -0.3 is 9.84 Å². The van der Waals surface area contributed by atoms with Crippen LogP contribution in [0, 0.1) is 0 Å². The molecule has 1 aliphatic rings. The normalized spacial score (nSPS) is 20.1. The quantitative estimate of drug-likeness (QED) is 0.875. The first-order chi connectivity index (χ1) is 10.1. The van der Waals surface area contributed by atoms with E-state index in [4.69, 9.17) is 4.74 Å². The van der Waals surface area contributed by atoms with Crippen molar-refractivity contribution in [2.45, 2.75) is 38.1 Å². The molecule has 4 heteroatoms. The van der Waals surface area contributed by atoms with Gasteiger partial charge in [0.15, 0.2) is 0 Å². The zero-order valence-corrected chi connectivity index (χ0v) is 12.9. The zero-order chi connectivity index (χ0) is 15.3. The van der Waals surface area contributed by atoms with Crippen LogP contribution < -0.4 is 0 Å². The first-order valence-corrected chi connectivity index (χ1v) is 7.71. The highest BCUT2D eigenvalue weighted by Crippen LogP contribution is 2.36. The monoisotopic (exact) mass is 291 g/mol. The molecule has 1 aromatic rings. The third-order valence-electron chi connectivity index (χ3n) is 4.57. The Kier molecular flexibility index (Phi) is 5.37. The van der Waals surface area contributed by atoms with Gasteiger partial charge >= 0.3 is 5.97 Å². The van der Waals surface area contributed by atoms with Gasteiger partial charge in [0.25, 0.3) is 0 Å². The Balaban J connectivity index is 2.07. The molecule has 1 aliphatic heterocycles. The molecule has 0 bridgehead atoms. The second-order valence-corrected chi connectivity index (χ2v) is 5.80. The molecular formula is C17H25NO3. The van der Waals surface area contributed by atoms with Crippen LogP contribution in [0.25, 0.3) is 0 Å². The van der Waals surface area contributed by atoms with Gasteiger partial charge in [-0.2, -0.15) is 0 Å². The maximum Gasteiger partial charge on any atom is 0.314 e. The first kappa shape index (κ1) is 16.0. The lowest BCUT2D eigenvalue weighted by molar-refractivity contribution is -0.146. The minimum absolute atomic E-state index is 0.340. The molecule has 0 aliphatic carbocycles. The van der Waals surface area contributed by atoms with Crippen LogP contribution in [0.2, 0.25) is 0 Å². The predicted octanol–water partition coefficient (Wildman–Crippen LogP) is 2.53. The highest BCUT2D eigenvalue weighted by molar-refractivity contribution is 5.81. The number of carboxylic acid groups (broad SMARTS) is 1. The average Bonchev–Trinajstić information content (AvgIpc) is 2.53. The van der Waals surface area contributed by atoms with Gasteiger partial charge in [-0.15, -0.1) is 0 Å². The molecule has 2 rings (SSSR count). The molecule has 4 nitrogen and oxygen atoms in total. The fourth-order valence-corrected chi connectivity index (χ4v) is 3.12. The summed E-state index contributed by atoms with van der Waals surface area (Å²) in [5.41, 5.74) is 0.193. The third kappa shape index (κ3) is 3.44. The minimum atomic E-state index is -0.733. The standard InChI is InChI=1S/C17H25NO3/c1-3-21-13-14(2)18-11-9-17(10-12-18,16(19)20)15-7-5-4-6-8-15/h4-8,14H,3,9-13H2,1-2H3,(H,19,20). The summed E-state index contributed by atoms with van der Waals surface area (Å²) in [6.45, 7) is 7.17. The van der Waals surface area contributed by atoms with E-state index in [1.807, 2.05) is 37.3 Å². The molecule has 1 atom stereocenters. The van der Waals surface area contributed by atoms with E-state index in [2.05, 4.69) is 11.8 Å². The van der Waals surface area contributed by atoms with Crippen LogP contribution in [-0.4, -0.2) is 48.3 Å². The topological polar surface area (TPSA) is 49.8 Å². The molecule has 0 spiro atoms. The fraction of sp³-hybridized carbons (Fsp3) is 0.588. The highest BCUT2D eigenvalue weighted by Gasteiger charge is 2.43. The highest BCUT2D eigenvalue weighted by atomic mass is 16.5. The maximum absolute atomic E-state index is 11.9. The summed E-state index contributed by atoms with van der Waals surface area (Å²) in [4.78, 5) is 14.2. The van der Waals surface area contributed by atoms with Gasteiger partial charge in [-0.25, -0.2) is 0 Å². The smallest absolute Gasteiger partial charge is 0.314 e. The largest absolute Gasteiger partial charge is 0.481 e. The van der Waals surface area contributed by atoms with Crippen LogP contribution in [0.3, 0.4) is 0 Å². The van der Waals surface area contributed by atoms with Crippen molar-refractivity contribution in [2.75, 3.05) is 26.3 Å². The van der Waals surface area contributed by atoms with Crippen molar-refractivity contribution in [2.24, 2.45) is 0 Å². The summed E-state index contributed by atoms with van der Waals surface area (Å²) in [7, 11) is 0. The summed E-state index contributed by atoms with van der Waals surface area (Å²) >= 11 is 0. The Morgan fingerprint density at radius 2 is 1.95 bits per heavy atom. The number of benzene rings is 1. The lowest BCUT2D eigenvalue weighted by Crippen LogP contribution is -2.50. The number of piperidine rings is 1. The van der Waals surface area contributed by atoms with Gasteiger partial charge in [0.2, 0.25) is 0 Å². The van der Waals surface area contributed by atoms with Crippen LogP contribution >= 0.6 is 0 Å². The van der Waals surface area contributed by atoms with Crippen LogP contribution in [0.5, 0.6) is 0 Å². The summed E-state index contributed by atoms with van der Waals surface area (Å²) in [6, 6.07) is 9.99. The number of nitrogens with zero attached hydrogens (tertiary/aromatic N) is 1. The molecule has 0 amide bonds. The molecule has 21 heavy (non-hydrogen) atoms. The third-order valence-corrected chi connectivity index (χ3v) is 4.57. The maximum atomic E-state index is 11.9. The van der Waals surface area contributed by atoms with Crippen molar-refractivity contribution >= 4 is 5.97 Å². The van der Waals surface area contributed by atoms with E-state index in [0.29, 0.717) is 25.5 Å². The number of hydrogen-bond acceptors (Lipinski definition) is 3. The second-order valence-electron chi connectivity index (χ2n) is 5.80. The summed E-state index contributed by atoms with van der Waals surface area (Å²) in [6.07, 6.45) is 1.31. The molecule has 1 saturated heterocycles. The van der Waals surface area contributed by atoms with Crippen LogP contribution in [0.15, 0.2) is 30.3 Å². The predicted molar refractivity (Wildman–Crippen MR) is 82.5 cm³/mol. The number of aliphatic carboxylic acids is 1. The molecule has 1 heterocycles. The Hall–Kier alpha value is -1.39.